The van der Waals surface area contributed by atoms with Gasteiger partial charge in [0.2, 0.25) is 0 Å². The summed E-state index contributed by atoms with van der Waals surface area (Å²) in [4.78, 5) is 1.67. The number of benzene rings is 2. The lowest BCUT2D eigenvalue weighted by Gasteiger charge is -2.07. The molecule has 0 aliphatic carbocycles. The van der Waals surface area contributed by atoms with Gasteiger partial charge < -0.3 is 0 Å². The Balaban J connectivity index is 2.33. The van der Waals surface area contributed by atoms with Crippen LogP contribution in [0.3, 0.4) is 0 Å². The maximum atomic E-state index is 13.1. The van der Waals surface area contributed by atoms with Crippen LogP contribution >= 0.6 is 23.4 Å². The summed E-state index contributed by atoms with van der Waals surface area (Å²) in [6.07, 6.45) is 0.314. The average molecular weight is 278 g/mol. The number of hydrogen-bond donors (Lipinski definition) is 0. The molecular weight excluding hydrogens is 269 g/mol. The maximum absolute atomic E-state index is 13.1. The molecule has 0 saturated carbocycles. The Morgan fingerprint density at radius 3 is 2.78 bits per heavy atom. The Bertz CT molecular complexity index is 607. The fourth-order valence-corrected chi connectivity index (χ4v) is 2.78. The number of halogens is 2. The molecule has 0 saturated heterocycles. The molecular formula is C14H9ClFNS. The molecule has 90 valence electrons. The molecule has 0 aliphatic rings. The molecule has 0 radical (unpaired) electrons. The minimum atomic E-state index is -0.274. The zero-order valence-corrected chi connectivity index (χ0v) is 10.9. The van der Waals surface area contributed by atoms with Crippen LogP contribution in [0.2, 0.25) is 5.02 Å². The van der Waals surface area contributed by atoms with Gasteiger partial charge in [0, 0.05) is 14.8 Å². The summed E-state index contributed by atoms with van der Waals surface area (Å²) in [5.41, 5.74) is 0.899. The van der Waals surface area contributed by atoms with Crippen LogP contribution in [0.15, 0.2) is 52.3 Å². The van der Waals surface area contributed by atoms with Crippen LogP contribution in [-0.2, 0) is 6.42 Å². The highest BCUT2D eigenvalue weighted by Crippen LogP contribution is 2.32. The molecule has 0 N–H and O–H groups in total. The Labute approximate surface area is 114 Å². The molecule has 0 aliphatic heterocycles. The minimum Gasteiger partial charge on any atom is -0.207 e. The maximum Gasteiger partial charge on any atom is 0.124 e. The standard InChI is InChI=1S/C14H9ClFNS/c15-11-5-4-10(6-7-17)14(8-11)18-13-3-1-2-12(16)9-13/h1-5,8-9H,6H2. The van der Waals surface area contributed by atoms with Crippen molar-refractivity contribution in [2.75, 3.05) is 0 Å². The number of nitriles is 1. The van der Waals surface area contributed by atoms with Gasteiger partial charge >= 0.3 is 0 Å². The molecule has 4 heteroatoms. The van der Waals surface area contributed by atoms with Gasteiger partial charge in [0.25, 0.3) is 0 Å². The average Bonchev–Trinajstić information content (AvgIpc) is 2.33. The highest BCUT2D eigenvalue weighted by atomic mass is 35.5. The Kier molecular flexibility index (Phi) is 4.24. The highest BCUT2D eigenvalue weighted by Gasteiger charge is 2.06. The van der Waals surface area contributed by atoms with Gasteiger partial charge in [-0.15, -0.1) is 0 Å². The fourth-order valence-electron chi connectivity index (χ4n) is 1.51. The lowest BCUT2D eigenvalue weighted by molar-refractivity contribution is 0.624. The summed E-state index contributed by atoms with van der Waals surface area (Å²) >= 11 is 7.35. The first-order chi connectivity index (χ1) is 8.69. The van der Waals surface area contributed by atoms with Gasteiger partial charge in [0.05, 0.1) is 12.5 Å². The van der Waals surface area contributed by atoms with E-state index in [-0.39, 0.29) is 5.82 Å². The van der Waals surface area contributed by atoms with E-state index in [4.69, 9.17) is 16.9 Å². The van der Waals surface area contributed by atoms with Gasteiger partial charge in [-0.1, -0.05) is 35.5 Å². The van der Waals surface area contributed by atoms with Crippen LogP contribution < -0.4 is 0 Å². The van der Waals surface area contributed by atoms with Crippen molar-refractivity contribution < 1.29 is 4.39 Å². The van der Waals surface area contributed by atoms with Crippen molar-refractivity contribution >= 4 is 23.4 Å². The molecule has 0 aromatic heterocycles. The zero-order chi connectivity index (χ0) is 13.0. The summed E-state index contributed by atoms with van der Waals surface area (Å²) in [5, 5.41) is 9.38. The predicted molar refractivity (Wildman–Crippen MR) is 71.3 cm³/mol. The van der Waals surface area contributed by atoms with Crippen molar-refractivity contribution in [3.05, 3.63) is 58.9 Å². The smallest absolute Gasteiger partial charge is 0.124 e. The van der Waals surface area contributed by atoms with Gasteiger partial charge in [-0.05, 0) is 35.9 Å². The Morgan fingerprint density at radius 2 is 2.06 bits per heavy atom. The Hall–Kier alpha value is -1.50. The second-order valence-electron chi connectivity index (χ2n) is 3.65. The summed E-state index contributed by atoms with van der Waals surface area (Å²) in [5.74, 6) is -0.274. The second-order valence-corrected chi connectivity index (χ2v) is 5.20. The van der Waals surface area contributed by atoms with E-state index in [2.05, 4.69) is 6.07 Å². The van der Waals surface area contributed by atoms with Crippen LogP contribution in [0.5, 0.6) is 0 Å². The van der Waals surface area contributed by atoms with E-state index in [1.807, 2.05) is 12.1 Å². The summed E-state index contributed by atoms with van der Waals surface area (Å²) < 4.78 is 13.1. The van der Waals surface area contributed by atoms with Gasteiger partial charge in [-0.2, -0.15) is 5.26 Å². The van der Waals surface area contributed by atoms with E-state index in [9.17, 15) is 4.39 Å². The summed E-state index contributed by atoms with van der Waals surface area (Å²) in [6, 6.07) is 13.8. The molecule has 1 nitrogen and oxygen atoms in total. The minimum absolute atomic E-state index is 0.274. The zero-order valence-electron chi connectivity index (χ0n) is 9.36. The molecule has 0 bridgehead atoms. The van der Waals surface area contributed by atoms with E-state index in [0.29, 0.717) is 11.4 Å². The molecule has 2 aromatic carbocycles. The van der Waals surface area contributed by atoms with Crippen LogP contribution in [0.4, 0.5) is 4.39 Å². The SMILES string of the molecule is N#CCc1ccc(Cl)cc1Sc1cccc(F)c1. The third-order valence-electron chi connectivity index (χ3n) is 2.32. The van der Waals surface area contributed by atoms with Gasteiger partial charge in [-0.3, -0.25) is 0 Å². The quantitative estimate of drug-likeness (QED) is 0.812. The van der Waals surface area contributed by atoms with E-state index in [0.717, 1.165) is 15.4 Å². The normalized spacial score (nSPS) is 10.1. The van der Waals surface area contributed by atoms with Gasteiger partial charge in [0.1, 0.15) is 5.82 Å². The molecule has 0 unspecified atom stereocenters. The highest BCUT2D eigenvalue weighted by molar-refractivity contribution is 7.99. The number of hydrogen-bond acceptors (Lipinski definition) is 2. The molecule has 0 atom stereocenters. The molecule has 0 fully saturated rings. The molecule has 2 rings (SSSR count). The van der Waals surface area contributed by atoms with Crippen LogP contribution in [0.1, 0.15) is 5.56 Å². The lowest BCUT2D eigenvalue weighted by Crippen LogP contribution is -1.86. The number of rotatable bonds is 3. The monoisotopic (exact) mass is 277 g/mol. The first kappa shape index (κ1) is 12.9. The van der Waals surface area contributed by atoms with Crippen molar-refractivity contribution in [3.63, 3.8) is 0 Å². The summed E-state index contributed by atoms with van der Waals surface area (Å²) in [7, 11) is 0. The topological polar surface area (TPSA) is 23.8 Å². The third kappa shape index (κ3) is 3.25. The third-order valence-corrected chi connectivity index (χ3v) is 3.65. The second kappa shape index (κ2) is 5.90. The molecule has 0 heterocycles. The summed E-state index contributed by atoms with van der Waals surface area (Å²) in [6.45, 7) is 0. The first-order valence-electron chi connectivity index (χ1n) is 5.28. The Morgan fingerprint density at radius 1 is 1.22 bits per heavy atom. The van der Waals surface area contributed by atoms with E-state index in [1.165, 1.54) is 23.9 Å². The molecule has 2 aromatic rings. The van der Waals surface area contributed by atoms with Crippen molar-refractivity contribution in [2.45, 2.75) is 16.2 Å². The van der Waals surface area contributed by atoms with Crippen molar-refractivity contribution in [2.24, 2.45) is 0 Å². The fraction of sp³-hybridized carbons (Fsp3) is 0.0714. The van der Waals surface area contributed by atoms with Crippen LogP contribution in [-0.4, -0.2) is 0 Å². The van der Waals surface area contributed by atoms with Gasteiger partial charge in [0.15, 0.2) is 0 Å². The van der Waals surface area contributed by atoms with Crippen LogP contribution in [0, 0.1) is 17.1 Å². The lowest BCUT2D eigenvalue weighted by atomic mass is 10.2. The van der Waals surface area contributed by atoms with Crippen molar-refractivity contribution in [1.82, 2.24) is 0 Å². The molecule has 18 heavy (non-hydrogen) atoms. The van der Waals surface area contributed by atoms with Gasteiger partial charge in [-0.25, -0.2) is 4.39 Å². The van der Waals surface area contributed by atoms with Crippen LogP contribution in [0.25, 0.3) is 0 Å². The van der Waals surface area contributed by atoms with Crippen molar-refractivity contribution in [1.29, 1.82) is 5.26 Å². The number of nitrogens with zero attached hydrogens (tertiary/aromatic N) is 1. The predicted octanol–water partition coefficient (Wildman–Crippen LogP) is 4.70. The largest absolute Gasteiger partial charge is 0.207 e. The van der Waals surface area contributed by atoms with Crippen molar-refractivity contribution in [3.8, 4) is 6.07 Å². The molecule has 0 spiro atoms. The molecule has 0 amide bonds. The first-order valence-corrected chi connectivity index (χ1v) is 6.47. The van der Waals surface area contributed by atoms with E-state index >= 15 is 0 Å². The van der Waals surface area contributed by atoms with E-state index in [1.54, 1.807) is 18.2 Å². The van der Waals surface area contributed by atoms with E-state index < -0.39 is 0 Å².